The minimum Gasteiger partial charge on any atom is -0.352 e. The normalized spacial score (nSPS) is 18.0. The highest BCUT2D eigenvalue weighted by molar-refractivity contribution is 5.71. The van der Waals surface area contributed by atoms with E-state index in [1.807, 2.05) is 25.1 Å². The van der Waals surface area contributed by atoms with Crippen LogP contribution < -0.4 is 0 Å². The quantitative estimate of drug-likeness (QED) is 0.201. The van der Waals surface area contributed by atoms with Crippen molar-refractivity contribution in [2.24, 2.45) is 0 Å². The molecule has 1 aliphatic heterocycles. The van der Waals surface area contributed by atoms with Gasteiger partial charge < -0.3 is 9.47 Å². The Kier molecular flexibility index (Phi) is 9.59. The summed E-state index contributed by atoms with van der Waals surface area (Å²) in [6, 6.07) is 15.5. The molecule has 1 fully saturated rings. The van der Waals surface area contributed by atoms with Crippen LogP contribution >= 0.6 is 0 Å². The number of rotatable bonds is 10. The van der Waals surface area contributed by atoms with Gasteiger partial charge in [0.1, 0.15) is 5.82 Å². The van der Waals surface area contributed by atoms with Crippen LogP contribution in [0.2, 0.25) is 0 Å². The fourth-order valence-electron chi connectivity index (χ4n) is 4.68. The lowest BCUT2D eigenvalue weighted by atomic mass is 9.94. The SMILES string of the molecule is CC/C=C\Cc1ccc(-c2ccc(-c3ccc(C4COC(CCCCC)OC4)c(F)c3)cc2)c(F)c1F. The fourth-order valence-corrected chi connectivity index (χ4v) is 4.68. The molecule has 37 heavy (non-hydrogen) atoms. The van der Waals surface area contributed by atoms with E-state index in [4.69, 9.17) is 9.47 Å². The lowest BCUT2D eigenvalue weighted by Crippen LogP contribution is -2.31. The zero-order chi connectivity index (χ0) is 26.2. The summed E-state index contributed by atoms with van der Waals surface area (Å²) in [5.74, 6) is -2.11. The van der Waals surface area contributed by atoms with Crippen LogP contribution in [0.5, 0.6) is 0 Å². The number of hydrogen-bond donors (Lipinski definition) is 0. The molecule has 0 aromatic heterocycles. The van der Waals surface area contributed by atoms with Gasteiger partial charge in [0.05, 0.1) is 13.2 Å². The van der Waals surface area contributed by atoms with Crippen LogP contribution in [0.15, 0.2) is 66.7 Å². The zero-order valence-corrected chi connectivity index (χ0v) is 21.6. The van der Waals surface area contributed by atoms with Crippen molar-refractivity contribution >= 4 is 0 Å². The van der Waals surface area contributed by atoms with E-state index < -0.39 is 11.6 Å². The van der Waals surface area contributed by atoms with Crippen molar-refractivity contribution < 1.29 is 22.6 Å². The molecule has 1 heterocycles. The molecule has 0 amide bonds. The molecule has 5 heteroatoms. The maximum atomic E-state index is 15.0. The summed E-state index contributed by atoms with van der Waals surface area (Å²) in [6.45, 7) is 5.04. The minimum absolute atomic E-state index is 0.142. The molecule has 0 N–H and O–H groups in total. The number of ether oxygens (including phenoxy) is 2. The third-order valence-corrected chi connectivity index (χ3v) is 6.88. The maximum Gasteiger partial charge on any atom is 0.166 e. The first-order chi connectivity index (χ1) is 18.0. The predicted octanol–water partition coefficient (Wildman–Crippen LogP) is 8.98. The van der Waals surface area contributed by atoms with Crippen LogP contribution in [-0.4, -0.2) is 19.5 Å². The first kappa shape index (κ1) is 27.2. The van der Waals surface area contributed by atoms with Gasteiger partial charge in [-0.15, -0.1) is 0 Å². The second kappa shape index (κ2) is 13.1. The largest absolute Gasteiger partial charge is 0.352 e. The summed E-state index contributed by atoms with van der Waals surface area (Å²) in [4.78, 5) is 0. The van der Waals surface area contributed by atoms with Gasteiger partial charge in [0.2, 0.25) is 0 Å². The monoisotopic (exact) mass is 508 g/mol. The number of benzene rings is 3. The second-order valence-corrected chi connectivity index (χ2v) is 9.59. The van der Waals surface area contributed by atoms with Crippen molar-refractivity contribution in [3.63, 3.8) is 0 Å². The third-order valence-electron chi connectivity index (χ3n) is 6.88. The van der Waals surface area contributed by atoms with Gasteiger partial charge in [-0.2, -0.15) is 0 Å². The molecule has 0 saturated carbocycles. The molecule has 196 valence electrons. The van der Waals surface area contributed by atoms with Gasteiger partial charge in [-0.1, -0.05) is 87.4 Å². The second-order valence-electron chi connectivity index (χ2n) is 9.59. The number of hydrogen-bond acceptors (Lipinski definition) is 2. The summed E-state index contributed by atoms with van der Waals surface area (Å²) < 4.78 is 56.0. The van der Waals surface area contributed by atoms with Gasteiger partial charge in [0.15, 0.2) is 17.9 Å². The van der Waals surface area contributed by atoms with Crippen LogP contribution in [-0.2, 0) is 15.9 Å². The van der Waals surface area contributed by atoms with Crippen LogP contribution in [0, 0.1) is 17.5 Å². The van der Waals surface area contributed by atoms with Gasteiger partial charge in [0.25, 0.3) is 0 Å². The van der Waals surface area contributed by atoms with Crippen LogP contribution in [0.3, 0.4) is 0 Å². The summed E-state index contributed by atoms with van der Waals surface area (Å²) in [5.41, 5.74) is 3.20. The summed E-state index contributed by atoms with van der Waals surface area (Å²) >= 11 is 0. The third kappa shape index (κ3) is 6.71. The minimum atomic E-state index is -0.852. The number of unbranched alkanes of at least 4 members (excludes halogenated alkanes) is 2. The Morgan fingerprint density at radius 3 is 2.16 bits per heavy atom. The van der Waals surface area contributed by atoms with Gasteiger partial charge in [-0.05, 0) is 59.6 Å². The maximum absolute atomic E-state index is 15.0. The highest BCUT2D eigenvalue weighted by Gasteiger charge is 2.25. The van der Waals surface area contributed by atoms with Crippen molar-refractivity contribution in [3.05, 3.63) is 95.3 Å². The van der Waals surface area contributed by atoms with E-state index in [2.05, 4.69) is 6.92 Å². The average molecular weight is 509 g/mol. The van der Waals surface area contributed by atoms with Crippen molar-refractivity contribution in [1.82, 2.24) is 0 Å². The average Bonchev–Trinajstić information content (AvgIpc) is 2.92. The van der Waals surface area contributed by atoms with E-state index in [9.17, 15) is 8.78 Å². The zero-order valence-electron chi connectivity index (χ0n) is 21.6. The van der Waals surface area contributed by atoms with Crippen molar-refractivity contribution in [1.29, 1.82) is 0 Å². The van der Waals surface area contributed by atoms with E-state index in [0.717, 1.165) is 37.7 Å². The molecule has 3 aromatic carbocycles. The van der Waals surface area contributed by atoms with Crippen LogP contribution in [0.4, 0.5) is 13.2 Å². The van der Waals surface area contributed by atoms with E-state index in [1.54, 1.807) is 42.5 Å². The molecule has 2 nitrogen and oxygen atoms in total. The molecule has 4 rings (SSSR count). The molecule has 3 aromatic rings. The Morgan fingerprint density at radius 2 is 1.49 bits per heavy atom. The van der Waals surface area contributed by atoms with E-state index in [1.165, 1.54) is 6.07 Å². The molecule has 0 aliphatic carbocycles. The molecular formula is C32H35F3O2. The van der Waals surface area contributed by atoms with E-state index in [0.29, 0.717) is 41.9 Å². The number of halogens is 3. The lowest BCUT2D eigenvalue weighted by Gasteiger charge is -2.30. The molecule has 0 unspecified atom stereocenters. The van der Waals surface area contributed by atoms with E-state index >= 15 is 4.39 Å². The first-order valence-corrected chi connectivity index (χ1v) is 13.3. The van der Waals surface area contributed by atoms with Crippen molar-refractivity contribution in [3.8, 4) is 22.3 Å². The molecular weight excluding hydrogens is 473 g/mol. The molecule has 0 spiro atoms. The standard InChI is InChI=1S/C32H35F3O2/c1-3-5-7-9-24-15-18-28(32(35)31(24)34)23-13-11-22(12-14-23)25-16-17-27(29(33)19-25)26-20-36-30(37-21-26)10-8-6-4-2/h5,7,11-19,26,30H,3-4,6,8-10,20-21H2,1-2H3/b7-5-. The Morgan fingerprint density at radius 1 is 0.784 bits per heavy atom. The number of allylic oxidation sites excluding steroid dienone is 2. The Labute approximate surface area is 218 Å². The molecule has 1 aliphatic rings. The van der Waals surface area contributed by atoms with Crippen LogP contribution in [0.25, 0.3) is 22.3 Å². The molecule has 1 saturated heterocycles. The molecule has 0 bridgehead atoms. The lowest BCUT2D eigenvalue weighted by molar-refractivity contribution is -0.190. The van der Waals surface area contributed by atoms with Gasteiger partial charge in [-0.25, -0.2) is 13.2 Å². The summed E-state index contributed by atoms with van der Waals surface area (Å²) in [6.07, 6.45) is 9.02. The Hall–Kier alpha value is -2.89. The predicted molar refractivity (Wildman–Crippen MR) is 143 cm³/mol. The molecule has 0 atom stereocenters. The van der Waals surface area contributed by atoms with E-state index in [-0.39, 0.29) is 23.6 Å². The van der Waals surface area contributed by atoms with Crippen molar-refractivity contribution in [2.75, 3.05) is 13.2 Å². The molecule has 0 radical (unpaired) electrons. The Bertz CT molecular complexity index is 1200. The van der Waals surface area contributed by atoms with Gasteiger partial charge in [-0.3, -0.25) is 0 Å². The van der Waals surface area contributed by atoms with Gasteiger partial charge >= 0.3 is 0 Å². The summed E-state index contributed by atoms with van der Waals surface area (Å²) in [5, 5.41) is 0. The van der Waals surface area contributed by atoms with Gasteiger partial charge in [0, 0.05) is 11.5 Å². The van der Waals surface area contributed by atoms with Crippen molar-refractivity contribution in [2.45, 2.75) is 64.6 Å². The topological polar surface area (TPSA) is 18.5 Å². The summed E-state index contributed by atoms with van der Waals surface area (Å²) in [7, 11) is 0. The van der Waals surface area contributed by atoms with Crippen LogP contribution in [0.1, 0.15) is 63.0 Å². The highest BCUT2D eigenvalue weighted by Crippen LogP contribution is 2.32. The smallest absolute Gasteiger partial charge is 0.166 e. The fraction of sp³-hybridized carbons (Fsp3) is 0.375. The first-order valence-electron chi connectivity index (χ1n) is 13.3. The highest BCUT2D eigenvalue weighted by atomic mass is 19.2. The Balaban J connectivity index is 1.43.